The van der Waals surface area contributed by atoms with Crippen LogP contribution in [-0.4, -0.2) is 32.9 Å². The lowest BCUT2D eigenvalue weighted by Crippen LogP contribution is -2.62. The average molecular weight is 395 g/mol. The second-order valence-corrected chi connectivity index (χ2v) is 12.1. The van der Waals surface area contributed by atoms with E-state index in [4.69, 9.17) is 9.47 Å². The molecule has 0 N–H and O–H groups in total. The number of hydrogen-bond donors (Lipinski definition) is 0. The van der Waals surface area contributed by atoms with Crippen LogP contribution in [0.5, 0.6) is 0 Å². The van der Waals surface area contributed by atoms with Crippen LogP contribution in [0.3, 0.4) is 0 Å². The average Bonchev–Trinajstić information content (AvgIpc) is 3.17. The minimum Gasteiger partial charge on any atom is -0.348 e. The number of benzene rings is 2. The Balaban J connectivity index is 2.10. The number of ketones is 1. The number of carbonyl (C=O) groups excluding carboxylic acids is 1. The fourth-order valence-corrected chi connectivity index (χ4v) is 8.72. The van der Waals surface area contributed by atoms with Crippen LogP contribution in [0, 0.1) is 0 Å². The number of hydrogen-bond acceptors (Lipinski definition) is 3. The van der Waals surface area contributed by atoms with Gasteiger partial charge in [0, 0.05) is 18.4 Å². The van der Waals surface area contributed by atoms with Gasteiger partial charge in [0.25, 0.3) is 0 Å². The van der Waals surface area contributed by atoms with Gasteiger partial charge < -0.3 is 9.47 Å². The van der Waals surface area contributed by atoms with E-state index in [1.54, 1.807) is 0 Å². The molecular weight excluding hydrogens is 364 g/mol. The first kappa shape index (κ1) is 20.7. The highest BCUT2D eigenvalue weighted by Gasteiger charge is 2.48. The van der Waals surface area contributed by atoms with E-state index < -0.39 is 13.9 Å². The first-order valence-electron chi connectivity index (χ1n) is 10.0. The third kappa shape index (κ3) is 4.35. The fraction of sp³-hybridized carbons (Fsp3) is 0.375. The van der Waals surface area contributed by atoms with Gasteiger partial charge in [0.05, 0.1) is 13.2 Å². The molecule has 0 radical (unpaired) electrons. The standard InChI is InChI=1S/C24H30O3Si/c1-4-5-16-22(25)23(19-24(2)26-17-18-27-24)28(3,20-12-8-6-9-13-20)21-14-10-7-11-15-21/h4,6-15,23H,1,5,16-19H2,2-3H3. The van der Waals surface area contributed by atoms with Gasteiger partial charge in [-0.2, -0.15) is 0 Å². The molecule has 2 aromatic carbocycles. The zero-order valence-electron chi connectivity index (χ0n) is 16.9. The van der Waals surface area contributed by atoms with Crippen LogP contribution in [0.15, 0.2) is 73.3 Å². The largest absolute Gasteiger partial charge is 0.348 e. The van der Waals surface area contributed by atoms with Crippen molar-refractivity contribution < 1.29 is 14.3 Å². The highest BCUT2D eigenvalue weighted by molar-refractivity contribution is 7.04. The third-order valence-corrected chi connectivity index (χ3v) is 10.9. The third-order valence-electron chi connectivity index (χ3n) is 5.90. The normalized spacial score (nSPS) is 17.2. The van der Waals surface area contributed by atoms with E-state index >= 15 is 0 Å². The Kier molecular flexibility index (Phi) is 6.65. The van der Waals surface area contributed by atoms with E-state index in [2.05, 4.69) is 61.7 Å². The summed E-state index contributed by atoms with van der Waals surface area (Å²) >= 11 is 0. The van der Waals surface area contributed by atoms with Gasteiger partial charge in [-0.15, -0.1) is 6.58 Å². The quantitative estimate of drug-likeness (QED) is 0.477. The Morgan fingerprint density at radius 2 is 1.57 bits per heavy atom. The van der Waals surface area contributed by atoms with Crippen LogP contribution < -0.4 is 10.4 Å². The SMILES string of the molecule is C=CCCC(=O)C(CC1(C)OCCO1)[Si](C)(c1ccccc1)c1ccccc1. The Bertz CT molecular complexity index is 743. The molecule has 3 rings (SSSR count). The molecule has 1 fully saturated rings. The minimum absolute atomic E-state index is 0.139. The molecule has 0 saturated carbocycles. The molecule has 1 aliphatic rings. The predicted molar refractivity (Wildman–Crippen MR) is 117 cm³/mol. The highest BCUT2D eigenvalue weighted by atomic mass is 28.3. The first-order chi connectivity index (χ1) is 13.5. The lowest BCUT2D eigenvalue weighted by atomic mass is 10.1. The molecule has 0 bridgehead atoms. The second kappa shape index (κ2) is 8.99. The molecule has 0 aliphatic carbocycles. The van der Waals surface area contributed by atoms with Gasteiger partial charge in [-0.3, -0.25) is 4.79 Å². The number of carbonyl (C=O) groups is 1. The van der Waals surface area contributed by atoms with Gasteiger partial charge in [-0.1, -0.05) is 83.7 Å². The zero-order chi connectivity index (χ0) is 20.0. The molecular formula is C24H30O3Si. The van der Waals surface area contributed by atoms with Crippen molar-refractivity contribution >= 4 is 24.2 Å². The molecule has 0 aromatic heterocycles. The van der Waals surface area contributed by atoms with Crippen molar-refractivity contribution in [2.45, 2.75) is 44.1 Å². The van der Waals surface area contributed by atoms with E-state index in [1.807, 2.05) is 25.1 Å². The first-order valence-corrected chi connectivity index (χ1v) is 12.6. The van der Waals surface area contributed by atoms with Gasteiger partial charge in [-0.25, -0.2) is 0 Å². The van der Waals surface area contributed by atoms with Gasteiger partial charge in [0.1, 0.15) is 13.9 Å². The van der Waals surface area contributed by atoms with Crippen molar-refractivity contribution in [1.29, 1.82) is 0 Å². The molecule has 148 valence electrons. The van der Waals surface area contributed by atoms with Crippen molar-refractivity contribution in [1.82, 2.24) is 0 Å². The number of rotatable bonds is 9. The second-order valence-electron chi connectivity index (χ2n) is 7.82. The summed E-state index contributed by atoms with van der Waals surface area (Å²) in [6, 6.07) is 21.0. The topological polar surface area (TPSA) is 35.5 Å². The minimum atomic E-state index is -2.40. The van der Waals surface area contributed by atoms with Crippen molar-refractivity contribution in [3.8, 4) is 0 Å². The molecule has 1 heterocycles. The van der Waals surface area contributed by atoms with Crippen LogP contribution in [0.1, 0.15) is 26.2 Å². The lowest BCUT2D eigenvalue weighted by Gasteiger charge is -2.39. The summed E-state index contributed by atoms with van der Waals surface area (Å²) in [5.41, 5.74) is -0.139. The predicted octanol–water partition coefficient (Wildman–Crippen LogP) is 3.94. The monoisotopic (exact) mass is 394 g/mol. The molecule has 1 saturated heterocycles. The summed E-state index contributed by atoms with van der Waals surface area (Å²) < 4.78 is 11.8. The van der Waals surface area contributed by atoms with Crippen molar-refractivity contribution in [2.24, 2.45) is 0 Å². The molecule has 3 nitrogen and oxygen atoms in total. The van der Waals surface area contributed by atoms with Crippen LogP contribution in [0.2, 0.25) is 12.1 Å². The van der Waals surface area contributed by atoms with Crippen LogP contribution >= 0.6 is 0 Å². The maximum absolute atomic E-state index is 13.5. The van der Waals surface area contributed by atoms with E-state index in [9.17, 15) is 4.79 Å². The Morgan fingerprint density at radius 3 is 2.04 bits per heavy atom. The Hall–Kier alpha value is -2.01. The zero-order valence-corrected chi connectivity index (χ0v) is 17.9. The van der Waals surface area contributed by atoms with E-state index in [0.29, 0.717) is 32.5 Å². The number of allylic oxidation sites excluding steroid dienone is 1. The molecule has 1 atom stereocenters. The molecule has 2 aromatic rings. The molecule has 0 spiro atoms. The summed E-state index contributed by atoms with van der Waals surface area (Å²) in [6.45, 7) is 9.24. The van der Waals surface area contributed by atoms with Gasteiger partial charge >= 0.3 is 0 Å². The Morgan fingerprint density at radius 1 is 1.07 bits per heavy atom. The van der Waals surface area contributed by atoms with Crippen molar-refractivity contribution in [3.05, 3.63) is 73.3 Å². The van der Waals surface area contributed by atoms with Gasteiger partial charge in [-0.05, 0) is 13.3 Å². The van der Waals surface area contributed by atoms with E-state index in [0.717, 1.165) is 0 Å². The molecule has 1 unspecified atom stereocenters. The summed E-state index contributed by atoms with van der Waals surface area (Å²) in [7, 11) is -2.40. The van der Waals surface area contributed by atoms with Crippen LogP contribution in [0.25, 0.3) is 0 Å². The van der Waals surface area contributed by atoms with E-state index in [1.165, 1.54) is 10.4 Å². The van der Waals surface area contributed by atoms with Crippen LogP contribution in [-0.2, 0) is 14.3 Å². The summed E-state index contributed by atoms with van der Waals surface area (Å²) in [5.74, 6) is -0.422. The Labute approximate surface area is 169 Å². The van der Waals surface area contributed by atoms with Crippen molar-refractivity contribution in [3.63, 3.8) is 0 Å². The lowest BCUT2D eigenvalue weighted by molar-refractivity contribution is -0.151. The van der Waals surface area contributed by atoms with Gasteiger partial charge in [0.15, 0.2) is 5.79 Å². The maximum Gasteiger partial charge on any atom is 0.166 e. The summed E-state index contributed by atoms with van der Waals surface area (Å²) in [6.07, 6.45) is 3.60. The summed E-state index contributed by atoms with van der Waals surface area (Å²) in [4.78, 5) is 13.5. The maximum atomic E-state index is 13.5. The van der Waals surface area contributed by atoms with Gasteiger partial charge in [0.2, 0.25) is 0 Å². The van der Waals surface area contributed by atoms with Crippen LogP contribution in [0.4, 0.5) is 0 Å². The molecule has 4 heteroatoms. The highest BCUT2D eigenvalue weighted by Crippen LogP contribution is 2.37. The van der Waals surface area contributed by atoms with E-state index in [-0.39, 0.29) is 11.3 Å². The smallest absolute Gasteiger partial charge is 0.166 e. The molecule has 28 heavy (non-hydrogen) atoms. The number of Topliss-reactive ketones (excluding diaryl/α,β-unsaturated/α-hetero) is 1. The number of ether oxygens (including phenoxy) is 2. The van der Waals surface area contributed by atoms with Crippen molar-refractivity contribution in [2.75, 3.05) is 13.2 Å². The molecule has 1 aliphatic heterocycles. The fourth-order valence-electron chi connectivity index (χ4n) is 4.24. The molecule has 0 amide bonds. The summed E-state index contributed by atoms with van der Waals surface area (Å²) in [5, 5.41) is 2.53.